The van der Waals surface area contributed by atoms with Crippen LogP contribution in [0.25, 0.3) is 0 Å². The molecule has 0 aromatic heterocycles. The minimum absolute atomic E-state index is 0.0363. The average Bonchev–Trinajstić information content (AvgIpc) is 2.74. The molecule has 0 saturated carbocycles. The molecule has 0 radical (unpaired) electrons. The Balaban J connectivity index is 2.44. The Kier molecular flexibility index (Phi) is 7.63. The van der Waals surface area contributed by atoms with Crippen molar-refractivity contribution in [1.82, 2.24) is 0 Å². The van der Waals surface area contributed by atoms with Crippen LogP contribution in [0.1, 0.15) is 5.56 Å². The van der Waals surface area contributed by atoms with E-state index in [1.807, 2.05) is 0 Å². The Hall–Kier alpha value is -3.83. The summed E-state index contributed by atoms with van der Waals surface area (Å²) in [5.74, 6) is -6.46. The molecule has 0 aliphatic rings. The summed E-state index contributed by atoms with van der Waals surface area (Å²) in [4.78, 5) is 23.3. The van der Waals surface area contributed by atoms with E-state index >= 15 is 0 Å². The van der Waals surface area contributed by atoms with Crippen LogP contribution in [0.15, 0.2) is 42.1 Å². The van der Waals surface area contributed by atoms with Crippen molar-refractivity contribution in [2.24, 2.45) is 0 Å². The second kappa shape index (κ2) is 9.98. The first kappa shape index (κ1) is 24.4. The van der Waals surface area contributed by atoms with E-state index in [0.717, 1.165) is 26.4 Å². The van der Waals surface area contributed by atoms with Gasteiger partial charge in [-0.15, -0.1) is 0 Å². The van der Waals surface area contributed by atoms with Gasteiger partial charge in [-0.1, -0.05) is 0 Å². The fraction of sp³-hybridized carbons (Fsp3) is 0.200. The van der Waals surface area contributed by atoms with Gasteiger partial charge in [0.1, 0.15) is 5.70 Å². The Morgan fingerprint density at radius 3 is 2.06 bits per heavy atom. The van der Waals surface area contributed by atoms with Crippen LogP contribution in [-0.4, -0.2) is 33.3 Å². The maximum atomic E-state index is 14.2. The number of esters is 2. The van der Waals surface area contributed by atoms with Crippen LogP contribution in [-0.2, 0) is 25.2 Å². The van der Waals surface area contributed by atoms with Crippen molar-refractivity contribution in [2.75, 3.05) is 26.6 Å². The second-order valence-electron chi connectivity index (χ2n) is 5.93. The normalized spacial score (nSPS) is 11.6. The fourth-order valence-electron chi connectivity index (χ4n) is 2.35. The summed E-state index contributed by atoms with van der Waals surface area (Å²) in [6.45, 7) is 0. The van der Waals surface area contributed by atoms with Crippen LogP contribution < -0.4 is 14.8 Å². The number of carbonyl (C=O) groups is 2. The number of benzene rings is 2. The van der Waals surface area contributed by atoms with Crippen LogP contribution >= 0.6 is 0 Å². The lowest BCUT2D eigenvalue weighted by molar-refractivity contribution is -0.138. The topological polar surface area (TPSA) is 83.1 Å². The van der Waals surface area contributed by atoms with Crippen molar-refractivity contribution >= 4 is 17.6 Å². The van der Waals surface area contributed by atoms with E-state index in [-0.39, 0.29) is 35.0 Å². The summed E-state index contributed by atoms with van der Waals surface area (Å²) in [7, 11) is 3.36. The maximum absolute atomic E-state index is 14.2. The molecule has 0 unspecified atom stereocenters. The van der Waals surface area contributed by atoms with E-state index in [1.54, 1.807) is 0 Å². The van der Waals surface area contributed by atoms with Crippen LogP contribution in [0, 0.1) is 11.6 Å². The third kappa shape index (κ3) is 5.86. The number of nitrogens with one attached hydrogen (secondary N) is 1. The van der Waals surface area contributed by atoms with Crippen molar-refractivity contribution in [3.8, 4) is 17.2 Å². The Morgan fingerprint density at radius 2 is 1.56 bits per heavy atom. The Labute approximate surface area is 178 Å². The Bertz CT molecular complexity index is 1030. The van der Waals surface area contributed by atoms with Crippen LogP contribution in [0.4, 0.5) is 27.6 Å². The van der Waals surface area contributed by atoms with Gasteiger partial charge in [-0.05, 0) is 24.3 Å². The summed E-state index contributed by atoms with van der Waals surface area (Å²) in [6.07, 6.45) is -4.16. The average molecular weight is 461 g/mol. The molecule has 0 spiro atoms. The number of hydrogen-bond donors (Lipinski definition) is 1. The quantitative estimate of drug-likeness (QED) is 0.371. The number of anilines is 1. The predicted octanol–water partition coefficient (Wildman–Crippen LogP) is 4.43. The zero-order valence-electron chi connectivity index (χ0n) is 16.8. The van der Waals surface area contributed by atoms with E-state index in [4.69, 9.17) is 9.47 Å². The van der Waals surface area contributed by atoms with Gasteiger partial charge in [-0.25, -0.2) is 18.4 Å². The number of ether oxygens (including phenoxy) is 4. The molecule has 0 aliphatic heterocycles. The minimum atomic E-state index is -4.96. The zero-order chi connectivity index (χ0) is 24.1. The number of carbonyl (C=O) groups excluding carboxylic acids is 2. The molecule has 0 amide bonds. The molecule has 32 heavy (non-hydrogen) atoms. The molecular formula is C20H16F5NO6. The van der Waals surface area contributed by atoms with Crippen LogP contribution in [0.3, 0.4) is 0 Å². The molecule has 0 saturated heterocycles. The summed E-state index contributed by atoms with van der Waals surface area (Å²) in [5.41, 5.74) is -1.80. The van der Waals surface area contributed by atoms with E-state index in [0.29, 0.717) is 0 Å². The van der Waals surface area contributed by atoms with Gasteiger partial charge >= 0.3 is 18.1 Å². The lowest BCUT2D eigenvalue weighted by Gasteiger charge is -2.15. The highest BCUT2D eigenvalue weighted by Crippen LogP contribution is 2.39. The molecule has 12 heteroatoms. The van der Waals surface area contributed by atoms with Gasteiger partial charge in [0.15, 0.2) is 28.9 Å². The van der Waals surface area contributed by atoms with Gasteiger partial charge in [0.25, 0.3) is 0 Å². The van der Waals surface area contributed by atoms with E-state index in [9.17, 15) is 31.5 Å². The van der Waals surface area contributed by atoms with Gasteiger partial charge in [0.05, 0.1) is 33.0 Å². The molecule has 172 valence electrons. The maximum Gasteiger partial charge on any atom is 0.416 e. The third-order valence-electron chi connectivity index (χ3n) is 3.85. The van der Waals surface area contributed by atoms with Crippen molar-refractivity contribution in [3.63, 3.8) is 0 Å². The molecule has 0 atom stereocenters. The van der Waals surface area contributed by atoms with Crippen molar-refractivity contribution in [3.05, 3.63) is 59.3 Å². The van der Waals surface area contributed by atoms with E-state index in [2.05, 4.69) is 14.8 Å². The molecule has 2 rings (SSSR count). The first-order chi connectivity index (χ1) is 15.0. The van der Waals surface area contributed by atoms with E-state index in [1.165, 1.54) is 19.2 Å². The van der Waals surface area contributed by atoms with Crippen molar-refractivity contribution < 1.29 is 50.5 Å². The summed E-state index contributed by atoms with van der Waals surface area (Å²) in [6, 6.07) is 3.94. The van der Waals surface area contributed by atoms with Gasteiger partial charge in [0.2, 0.25) is 0 Å². The van der Waals surface area contributed by atoms with Crippen LogP contribution in [0.5, 0.6) is 17.2 Å². The molecule has 2 aromatic rings. The zero-order valence-corrected chi connectivity index (χ0v) is 16.8. The SMILES string of the molecule is COC(=O)/C=C(/Nc1ccc(OC)c(Oc2c(F)cc(C(F)(F)F)cc2F)c1)C(=O)OC. The van der Waals surface area contributed by atoms with E-state index < -0.39 is 41.1 Å². The van der Waals surface area contributed by atoms with Gasteiger partial charge in [0, 0.05) is 11.8 Å². The molecule has 0 aliphatic carbocycles. The smallest absolute Gasteiger partial charge is 0.416 e. The number of halogens is 5. The van der Waals surface area contributed by atoms with Gasteiger partial charge < -0.3 is 24.3 Å². The fourth-order valence-corrected chi connectivity index (χ4v) is 2.35. The number of alkyl halides is 3. The Morgan fingerprint density at radius 1 is 0.938 bits per heavy atom. The summed E-state index contributed by atoms with van der Waals surface area (Å²) < 4.78 is 85.7. The summed E-state index contributed by atoms with van der Waals surface area (Å²) >= 11 is 0. The molecule has 0 heterocycles. The van der Waals surface area contributed by atoms with Gasteiger partial charge in [-0.3, -0.25) is 0 Å². The first-order valence-electron chi connectivity index (χ1n) is 8.57. The van der Waals surface area contributed by atoms with Crippen molar-refractivity contribution in [1.29, 1.82) is 0 Å². The highest BCUT2D eigenvalue weighted by atomic mass is 19.4. The first-order valence-corrected chi connectivity index (χ1v) is 8.57. The highest BCUT2D eigenvalue weighted by molar-refractivity contribution is 5.98. The molecule has 7 nitrogen and oxygen atoms in total. The lowest BCUT2D eigenvalue weighted by atomic mass is 10.2. The lowest BCUT2D eigenvalue weighted by Crippen LogP contribution is -2.15. The number of hydrogen-bond acceptors (Lipinski definition) is 7. The monoisotopic (exact) mass is 461 g/mol. The minimum Gasteiger partial charge on any atom is -0.493 e. The third-order valence-corrected chi connectivity index (χ3v) is 3.85. The van der Waals surface area contributed by atoms with Crippen molar-refractivity contribution in [2.45, 2.75) is 6.18 Å². The van der Waals surface area contributed by atoms with Crippen LogP contribution in [0.2, 0.25) is 0 Å². The molecule has 2 aromatic carbocycles. The predicted molar refractivity (Wildman–Crippen MR) is 100 cm³/mol. The molecular weight excluding hydrogens is 445 g/mol. The standard InChI is InChI=1S/C20H16F5NO6/c1-29-15-5-4-11(26-14(19(28)31-3)9-17(27)30-2)8-16(15)32-18-12(21)6-10(7-13(18)22)20(23,24)25/h4-9,26H,1-3H3/b14-9+. The molecule has 0 fully saturated rings. The summed E-state index contributed by atoms with van der Waals surface area (Å²) in [5, 5.41) is 2.54. The van der Waals surface area contributed by atoms with Gasteiger partial charge in [-0.2, -0.15) is 13.2 Å². The second-order valence-corrected chi connectivity index (χ2v) is 5.93. The highest BCUT2D eigenvalue weighted by Gasteiger charge is 2.33. The number of rotatable bonds is 7. The number of methoxy groups -OCH3 is 3. The molecule has 0 bridgehead atoms. The molecule has 1 N–H and O–H groups in total. The largest absolute Gasteiger partial charge is 0.493 e.